The Morgan fingerprint density at radius 3 is 2.75 bits per heavy atom. The van der Waals surface area contributed by atoms with Gasteiger partial charge < -0.3 is 15.0 Å². The number of methoxy groups -OCH3 is 1. The van der Waals surface area contributed by atoms with Crippen LogP contribution in [0.3, 0.4) is 0 Å². The van der Waals surface area contributed by atoms with Crippen LogP contribution in [-0.2, 0) is 6.42 Å². The SMILES string of the molecule is COc1cccc(C(=O)NC[C@@H](c2ccc3c(c2)CCN3C)N2CCCC2)c1. The number of likely N-dealkylation sites (N-methyl/N-ethyl adjacent to an activating group) is 1. The van der Waals surface area contributed by atoms with E-state index in [-0.39, 0.29) is 11.9 Å². The van der Waals surface area contributed by atoms with Gasteiger partial charge >= 0.3 is 0 Å². The van der Waals surface area contributed by atoms with Crippen LogP contribution in [0.2, 0.25) is 0 Å². The number of hydrogen-bond donors (Lipinski definition) is 1. The second-order valence-corrected chi connectivity index (χ2v) is 7.76. The summed E-state index contributed by atoms with van der Waals surface area (Å²) in [7, 11) is 3.77. The van der Waals surface area contributed by atoms with Crippen molar-refractivity contribution in [3.63, 3.8) is 0 Å². The fourth-order valence-corrected chi connectivity index (χ4v) is 4.36. The van der Waals surface area contributed by atoms with Gasteiger partial charge in [0.15, 0.2) is 0 Å². The molecular formula is C23H29N3O2. The molecule has 0 aromatic heterocycles. The first kappa shape index (κ1) is 18.8. The van der Waals surface area contributed by atoms with E-state index in [2.05, 4.69) is 40.4 Å². The summed E-state index contributed by atoms with van der Waals surface area (Å²) >= 11 is 0. The van der Waals surface area contributed by atoms with Crippen LogP contribution in [0.25, 0.3) is 0 Å². The molecule has 5 heteroatoms. The van der Waals surface area contributed by atoms with E-state index in [1.54, 1.807) is 13.2 Å². The maximum Gasteiger partial charge on any atom is 0.251 e. The summed E-state index contributed by atoms with van der Waals surface area (Å²) in [5.74, 6) is 0.649. The molecule has 0 bridgehead atoms. The molecule has 28 heavy (non-hydrogen) atoms. The number of likely N-dealkylation sites (tertiary alicyclic amines) is 1. The summed E-state index contributed by atoms with van der Waals surface area (Å²) in [6.45, 7) is 3.89. The summed E-state index contributed by atoms with van der Waals surface area (Å²) in [5, 5.41) is 3.16. The van der Waals surface area contributed by atoms with Gasteiger partial charge in [-0.15, -0.1) is 0 Å². The molecule has 5 nitrogen and oxygen atoms in total. The predicted molar refractivity (Wildman–Crippen MR) is 112 cm³/mol. The van der Waals surface area contributed by atoms with Crippen LogP contribution >= 0.6 is 0 Å². The minimum atomic E-state index is -0.0519. The number of ether oxygens (including phenoxy) is 1. The Morgan fingerprint density at radius 2 is 1.96 bits per heavy atom. The van der Waals surface area contributed by atoms with Gasteiger partial charge in [0.1, 0.15) is 5.75 Å². The van der Waals surface area contributed by atoms with Gasteiger partial charge in [-0.25, -0.2) is 0 Å². The summed E-state index contributed by atoms with van der Waals surface area (Å²) in [6.07, 6.45) is 3.56. The molecule has 148 valence electrons. The van der Waals surface area contributed by atoms with E-state index in [0.717, 1.165) is 26.1 Å². The molecule has 4 rings (SSSR count). The Balaban J connectivity index is 1.51. The van der Waals surface area contributed by atoms with Gasteiger partial charge in [0.05, 0.1) is 13.2 Å². The van der Waals surface area contributed by atoms with Crippen molar-refractivity contribution in [1.29, 1.82) is 0 Å². The molecule has 0 saturated carbocycles. The number of benzene rings is 2. The average Bonchev–Trinajstić information content (AvgIpc) is 3.38. The Morgan fingerprint density at radius 1 is 1.14 bits per heavy atom. The number of nitrogens with zero attached hydrogens (tertiary/aromatic N) is 2. The molecule has 2 aromatic carbocycles. The van der Waals surface area contributed by atoms with Gasteiger partial charge in [0, 0.05) is 31.4 Å². The van der Waals surface area contributed by atoms with Crippen LogP contribution < -0.4 is 15.0 Å². The third-order valence-corrected chi connectivity index (χ3v) is 5.99. The molecule has 1 atom stereocenters. The first-order valence-corrected chi connectivity index (χ1v) is 10.2. The lowest BCUT2D eigenvalue weighted by atomic mass is 10.0. The summed E-state index contributed by atoms with van der Waals surface area (Å²) in [6, 6.07) is 14.4. The highest BCUT2D eigenvalue weighted by Gasteiger charge is 2.26. The van der Waals surface area contributed by atoms with Gasteiger partial charge in [-0.05, 0) is 67.7 Å². The summed E-state index contributed by atoms with van der Waals surface area (Å²) < 4.78 is 5.24. The highest BCUT2D eigenvalue weighted by Crippen LogP contribution is 2.32. The maximum absolute atomic E-state index is 12.7. The first-order chi connectivity index (χ1) is 13.7. The number of nitrogens with one attached hydrogen (secondary N) is 1. The van der Waals surface area contributed by atoms with Gasteiger partial charge in [-0.3, -0.25) is 9.69 Å². The molecule has 2 aliphatic heterocycles. The largest absolute Gasteiger partial charge is 0.497 e. The lowest BCUT2D eigenvalue weighted by Gasteiger charge is -2.29. The molecule has 1 fully saturated rings. The predicted octanol–water partition coefficient (Wildman–Crippen LogP) is 3.25. The van der Waals surface area contributed by atoms with E-state index >= 15 is 0 Å². The number of amides is 1. The minimum absolute atomic E-state index is 0.0519. The third kappa shape index (κ3) is 3.85. The number of carbonyl (C=O) groups is 1. The molecule has 2 heterocycles. The van der Waals surface area contributed by atoms with E-state index in [1.807, 2.05) is 18.2 Å². The lowest BCUT2D eigenvalue weighted by molar-refractivity contribution is 0.0937. The summed E-state index contributed by atoms with van der Waals surface area (Å²) in [4.78, 5) is 17.5. The van der Waals surface area contributed by atoms with Gasteiger partial charge in [-0.1, -0.05) is 18.2 Å². The van der Waals surface area contributed by atoms with Crippen molar-refractivity contribution >= 4 is 11.6 Å². The lowest BCUT2D eigenvalue weighted by Crippen LogP contribution is -2.36. The van der Waals surface area contributed by atoms with Crippen LogP contribution in [0.4, 0.5) is 5.69 Å². The molecular weight excluding hydrogens is 350 g/mol. The number of fused-ring (bicyclic) bond motifs is 1. The van der Waals surface area contributed by atoms with Crippen LogP contribution in [0.5, 0.6) is 5.75 Å². The van der Waals surface area contributed by atoms with E-state index in [9.17, 15) is 4.79 Å². The van der Waals surface area contributed by atoms with Crippen LogP contribution in [0.1, 0.15) is 40.4 Å². The average molecular weight is 380 g/mol. The molecule has 1 saturated heterocycles. The number of rotatable bonds is 6. The Bertz CT molecular complexity index is 845. The fourth-order valence-electron chi connectivity index (χ4n) is 4.36. The molecule has 0 spiro atoms. The van der Waals surface area contributed by atoms with E-state index in [1.165, 1.54) is 29.7 Å². The zero-order valence-corrected chi connectivity index (χ0v) is 16.8. The number of anilines is 1. The Kier molecular flexibility index (Phi) is 5.53. The standard InChI is InChI=1S/C23H29N3O2/c1-25-13-10-18-14-17(8-9-21(18)25)22(26-11-3-4-12-26)16-24-23(27)19-6-5-7-20(15-19)28-2/h5-9,14-15,22H,3-4,10-13,16H2,1-2H3,(H,24,27)/t22-/m0/s1. The second kappa shape index (κ2) is 8.23. The van der Waals surface area contributed by atoms with Crippen molar-refractivity contribution in [3.8, 4) is 5.75 Å². The topological polar surface area (TPSA) is 44.8 Å². The number of hydrogen-bond acceptors (Lipinski definition) is 4. The Hall–Kier alpha value is -2.53. The fraction of sp³-hybridized carbons (Fsp3) is 0.435. The van der Waals surface area contributed by atoms with E-state index in [4.69, 9.17) is 4.74 Å². The summed E-state index contributed by atoms with van der Waals surface area (Å²) in [5.41, 5.74) is 4.70. The van der Waals surface area contributed by atoms with E-state index in [0.29, 0.717) is 17.9 Å². The highest BCUT2D eigenvalue weighted by atomic mass is 16.5. The number of carbonyl (C=O) groups excluding carboxylic acids is 1. The molecule has 0 aliphatic carbocycles. The van der Waals surface area contributed by atoms with Crippen molar-refractivity contribution in [1.82, 2.24) is 10.2 Å². The van der Waals surface area contributed by atoms with Crippen LogP contribution in [-0.4, -0.2) is 51.1 Å². The van der Waals surface area contributed by atoms with Crippen molar-refractivity contribution in [2.45, 2.75) is 25.3 Å². The molecule has 1 amide bonds. The molecule has 0 unspecified atom stereocenters. The van der Waals surface area contributed by atoms with Crippen LogP contribution in [0, 0.1) is 0 Å². The highest BCUT2D eigenvalue weighted by molar-refractivity contribution is 5.94. The Labute approximate surface area is 167 Å². The van der Waals surface area contributed by atoms with Gasteiger partial charge in [0.25, 0.3) is 5.91 Å². The maximum atomic E-state index is 12.7. The molecule has 1 N–H and O–H groups in total. The molecule has 2 aromatic rings. The quantitative estimate of drug-likeness (QED) is 0.837. The van der Waals surface area contributed by atoms with Gasteiger partial charge in [-0.2, -0.15) is 0 Å². The van der Waals surface area contributed by atoms with Crippen molar-refractivity contribution < 1.29 is 9.53 Å². The second-order valence-electron chi connectivity index (χ2n) is 7.76. The monoisotopic (exact) mass is 379 g/mol. The first-order valence-electron chi connectivity index (χ1n) is 10.2. The smallest absolute Gasteiger partial charge is 0.251 e. The van der Waals surface area contributed by atoms with Crippen molar-refractivity contribution in [2.24, 2.45) is 0 Å². The van der Waals surface area contributed by atoms with Gasteiger partial charge in [0.2, 0.25) is 0 Å². The van der Waals surface area contributed by atoms with Crippen molar-refractivity contribution in [3.05, 3.63) is 59.2 Å². The zero-order valence-electron chi connectivity index (χ0n) is 16.8. The molecule has 0 radical (unpaired) electrons. The normalized spacial score (nSPS) is 17.4. The zero-order chi connectivity index (χ0) is 19.5. The van der Waals surface area contributed by atoms with E-state index < -0.39 is 0 Å². The molecule has 2 aliphatic rings. The van der Waals surface area contributed by atoms with Crippen molar-refractivity contribution in [2.75, 3.05) is 45.2 Å². The third-order valence-electron chi connectivity index (χ3n) is 5.99. The minimum Gasteiger partial charge on any atom is -0.497 e. The van der Waals surface area contributed by atoms with Crippen LogP contribution in [0.15, 0.2) is 42.5 Å².